The minimum Gasteiger partial charge on any atom is -0.472 e. The van der Waals surface area contributed by atoms with E-state index in [0.717, 1.165) is 5.56 Å². The molecule has 0 bridgehead atoms. The third-order valence-corrected chi connectivity index (χ3v) is 1.63. The highest BCUT2D eigenvalue weighted by Crippen LogP contribution is 2.03. The Labute approximate surface area is 75.1 Å². The lowest BCUT2D eigenvalue weighted by Crippen LogP contribution is -2.15. The molecule has 1 N–H and O–H groups in total. The van der Waals surface area contributed by atoms with Crippen molar-refractivity contribution in [1.29, 1.82) is 0 Å². The van der Waals surface area contributed by atoms with Gasteiger partial charge < -0.3 is 10.6 Å². The monoisotopic (exact) mass is 176 g/mol. The summed E-state index contributed by atoms with van der Waals surface area (Å²) in [4.78, 5) is 13.2. The molecule has 0 saturated carbocycles. The number of aryl methyl sites for hydroxylation is 1. The van der Waals surface area contributed by atoms with Gasteiger partial charge in [-0.25, -0.2) is 4.79 Å². The van der Waals surface area contributed by atoms with Crippen molar-refractivity contribution < 1.29 is 14.7 Å². The van der Waals surface area contributed by atoms with E-state index in [4.69, 9.17) is 10.6 Å². The Morgan fingerprint density at radius 1 is 1.38 bits per heavy atom. The van der Waals surface area contributed by atoms with E-state index in [2.05, 4.69) is 4.79 Å². The van der Waals surface area contributed by atoms with E-state index in [-0.39, 0.29) is 5.71 Å². The summed E-state index contributed by atoms with van der Waals surface area (Å²) < 4.78 is 0. The van der Waals surface area contributed by atoms with Gasteiger partial charge in [-0.2, -0.15) is 4.79 Å². The van der Waals surface area contributed by atoms with Crippen LogP contribution in [0.25, 0.3) is 5.53 Å². The standard InChI is InChI=1S/C9H8N2O2/c1-6-2-4-7(5-3-6)8(11-10)9(12)13/h2-5H,1H3,(H,12,13). The Morgan fingerprint density at radius 2 is 1.92 bits per heavy atom. The van der Waals surface area contributed by atoms with Gasteiger partial charge in [0.15, 0.2) is 0 Å². The number of carboxylic acids is 1. The third-order valence-electron chi connectivity index (χ3n) is 1.63. The highest BCUT2D eigenvalue weighted by atomic mass is 16.4. The van der Waals surface area contributed by atoms with E-state index < -0.39 is 5.97 Å². The molecule has 0 aromatic heterocycles. The molecule has 13 heavy (non-hydrogen) atoms. The number of aliphatic carboxylic acids is 1. The van der Waals surface area contributed by atoms with Crippen molar-refractivity contribution in [3.63, 3.8) is 0 Å². The summed E-state index contributed by atoms with van der Waals surface area (Å²) >= 11 is 0. The second-order valence-corrected chi connectivity index (χ2v) is 2.62. The minimum absolute atomic E-state index is 0.347. The molecule has 0 aliphatic carbocycles. The van der Waals surface area contributed by atoms with Gasteiger partial charge >= 0.3 is 11.7 Å². The molecule has 4 nitrogen and oxygen atoms in total. The Balaban J connectivity index is 3.15. The first kappa shape index (κ1) is 9.16. The number of hydrogen-bond donors (Lipinski definition) is 1. The maximum Gasteiger partial charge on any atom is 0.419 e. The second-order valence-electron chi connectivity index (χ2n) is 2.62. The number of carbonyl (C=O) groups is 1. The van der Waals surface area contributed by atoms with Crippen LogP contribution in [0.5, 0.6) is 0 Å². The Hall–Kier alpha value is -1.93. The van der Waals surface area contributed by atoms with Crippen LogP contribution in [-0.4, -0.2) is 21.6 Å². The molecule has 1 aromatic rings. The van der Waals surface area contributed by atoms with Crippen molar-refractivity contribution >= 4 is 11.7 Å². The fraction of sp³-hybridized carbons (Fsp3) is 0.111. The van der Waals surface area contributed by atoms with Crippen LogP contribution in [0, 0.1) is 6.92 Å². The summed E-state index contributed by atoms with van der Waals surface area (Å²) in [5, 5.41) is 8.61. The van der Waals surface area contributed by atoms with Crippen LogP contribution in [0.2, 0.25) is 0 Å². The average molecular weight is 176 g/mol. The average Bonchev–Trinajstić information content (AvgIpc) is 2.09. The van der Waals surface area contributed by atoms with Crippen LogP contribution in [0.15, 0.2) is 24.3 Å². The summed E-state index contributed by atoms with van der Waals surface area (Å²) in [5.74, 6) is -1.24. The van der Waals surface area contributed by atoms with Gasteiger partial charge in [0.05, 0.1) is 5.56 Å². The van der Waals surface area contributed by atoms with Crippen LogP contribution < -0.4 is 0 Å². The fourth-order valence-electron chi connectivity index (χ4n) is 0.935. The van der Waals surface area contributed by atoms with Crippen LogP contribution in [0.1, 0.15) is 11.1 Å². The lowest BCUT2D eigenvalue weighted by atomic mass is 10.1. The van der Waals surface area contributed by atoms with Gasteiger partial charge in [0, 0.05) is 0 Å². The predicted octanol–water partition coefficient (Wildman–Crippen LogP) is 1.10. The molecule has 0 heterocycles. The van der Waals surface area contributed by atoms with Crippen molar-refractivity contribution in [2.45, 2.75) is 6.92 Å². The lowest BCUT2D eigenvalue weighted by Gasteiger charge is -1.92. The topological polar surface area (TPSA) is 73.7 Å². The van der Waals surface area contributed by atoms with E-state index in [0.29, 0.717) is 5.56 Å². The van der Waals surface area contributed by atoms with Gasteiger partial charge in [0.1, 0.15) is 0 Å². The van der Waals surface area contributed by atoms with Gasteiger partial charge in [-0.05, 0) is 19.1 Å². The second kappa shape index (κ2) is 3.65. The highest BCUT2D eigenvalue weighted by Gasteiger charge is 2.20. The Bertz CT molecular complexity index is 375. The van der Waals surface area contributed by atoms with Crippen LogP contribution in [-0.2, 0) is 4.79 Å². The summed E-state index contributed by atoms with van der Waals surface area (Å²) in [6.45, 7) is 1.89. The maximum atomic E-state index is 10.5. The zero-order chi connectivity index (χ0) is 9.84. The van der Waals surface area contributed by atoms with Crippen molar-refractivity contribution in [3.05, 3.63) is 40.9 Å². The molecule has 0 amide bonds. The Kier molecular flexibility index (Phi) is 2.57. The number of carboxylic acid groups (broad SMARTS) is 1. The quantitative estimate of drug-likeness (QED) is 0.416. The van der Waals surface area contributed by atoms with E-state index in [1.807, 2.05) is 6.92 Å². The highest BCUT2D eigenvalue weighted by molar-refractivity contribution is 6.39. The molecule has 0 saturated heterocycles. The van der Waals surface area contributed by atoms with E-state index in [1.165, 1.54) is 0 Å². The maximum absolute atomic E-state index is 10.5. The molecular formula is C9H8N2O2. The summed E-state index contributed by atoms with van der Waals surface area (Å²) in [5.41, 5.74) is 9.49. The largest absolute Gasteiger partial charge is 0.472 e. The molecule has 1 aromatic carbocycles. The normalized spacial score (nSPS) is 9.00. The molecule has 0 aliphatic heterocycles. The molecule has 0 aliphatic rings. The Morgan fingerprint density at radius 3 is 2.31 bits per heavy atom. The van der Waals surface area contributed by atoms with Gasteiger partial charge in [-0.1, -0.05) is 17.7 Å². The van der Waals surface area contributed by atoms with Gasteiger partial charge in [-0.3, -0.25) is 0 Å². The van der Waals surface area contributed by atoms with E-state index >= 15 is 0 Å². The molecule has 0 radical (unpaired) electrons. The summed E-state index contributed by atoms with van der Waals surface area (Å²) in [6.07, 6.45) is 0. The first-order chi connectivity index (χ1) is 6.15. The SMILES string of the molecule is Cc1ccc(C(=[N+]=[N-])C(=O)O)cc1. The van der Waals surface area contributed by atoms with Crippen molar-refractivity contribution in [2.24, 2.45) is 0 Å². The number of rotatable bonds is 2. The van der Waals surface area contributed by atoms with Gasteiger partial charge in [0.25, 0.3) is 0 Å². The van der Waals surface area contributed by atoms with Crippen LogP contribution in [0.3, 0.4) is 0 Å². The summed E-state index contributed by atoms with van der Waals surface area (Å²) in [6, 6.07) is 6.70. The molecule has 0 unspecified atom stereocenters. The molecule has 4 heteroatoms. The van der Waals surface area contributed by atoms with Crippen LogP contribution in [0.4, 0.5) is 0 Å². The van der Waals surface area contributed by atoms with E-state index in [1.54, 1.807) is 24.3 Å². The van der Waals surface area contributed by atoms with Gasteiger partial charge in [-0.15, -0.1) is 0 Å². The minimum atomic E-state index is -1.24. The zero-order valence-electron chi connectivity index (χ0n) is 7.06. The number of nitrogens with zero attached hydrogens (tertiary/aromatic N) is 2. The number of benzene rings is 1. The fourth-order valence-corrected chi connectivity index (χ4v) is 0.935. The first-order valence-corrected chi connectivity index (χ1v) is 3.67. The van der Waals surface area contributed by atoms with Crippen molar-refractivity contribution in [2.75, 3.05) is 0 Å². The predicted molar refractivity (Wildman–Crippen MR) is 46.5 cm³/mol. The molecule has 1 rings (SSSR count). The molecule has 0 atom stereocenters. The van der Waals surface area contributed by atoms with E-state index in [9.17, 15) is 4.79 Å². The molecular weight excluding hydrogens is 168 g/mol. The zero-order valence-corrected chi connectivity index (χ0v) is 7.06. The smallest absolute Gasteiger partial charge is 0.419 e. The lowest BCUT2D eigenvalue weighted by molar-refractivity contribution is -0.133. The molecule has 0 spiro atoms. The van der Waals surface area contributed by atoms with Gasteiger partial charge in [0.2, 0.25) is 0 Å². The van der Waals surface area contributed by atoms with Crippen molar-refractivity contribution in [1.82, 2.24) is 0 Å². The van der Waals surface area contributed by atoms with Crippen LogP contribution >= 0.6 is 0 Å². The third kappa shape index (κ3) is 2.01. The molecule has 66 valence electrons. The van der Waals surface area contributed by atoms with Crippen molar-refractivity contribution in [3.8, 4) is 0 Å². The number of hydrogen-bond acceptors (Lipinski definition) is 1. The summed E-state index contributed by atoms with van der Waals surface area (Å²) in [7, 11) is 0. The first-order valence-electron chi connectivity index (χ1n) is 3.67. The molecule has 0 fully saturated rings.